The van der Waals surface area contributed by atoms with E-state index in [-0.39, 0.29) is 18.7 Å². The van der Waals surface area contributed by atoms with Gasteiger partial charge in [-0.05, 0) is 51.5 Å². The van der Waals surface area contributed by atoms with Gasteiger partial charge in [-0.2, -0.15) is 4.98 Å². The number of benzene rings is 1. The van der Waals surface area contributed by atoms with Gasteiger partial charge in [-0.25, -0.2) is 9.18 Å². The van der Waals surface area contributed by atoms with Crippen molar-refractivity contribution in [2.24, 2.45) is 0 Å². The molecule has 0 radical (unpaired) electrons. The van der Waals surface area contributed by atoms with Gasteiger partial charge in [0.1, 0.15) is 23.5 Å². The van der Waals surface area contributed by atoms with Crippen LogP contribution in [0.3, 0.4) is 0 Å². The normalized spacial score (nSPS) is 12.0. The fraction of sp³-hybridized carbons (Fsp3) is 0.348. The average Bonchev–Trinajstić information content (AvgIpc) is 3.14. The summed E-state index contributed by atoms with van der Waals surface area (Å²) in [6.07, 6.45) is 1.58. The van der Waals surface area contributed by atoms with Gasteiger partial charge in [-0.3, -0.25) is 4.98 Å². The molecule has 3 aromatic rings. The molecule has 2 heterocycles. The largest absolute Gasteiger partial charge is 0.489 e. The number of pyridine rings is 1. The first-order chi connectivity index (χ1) is 15.2. The number of nitrogens with one attached hydrogen (secondary N) is 2. The van der Waals surface area contributed by atoms with Gasteiger partial charge < -0.3 is 24.5 Å². The fourth-order valence-electron chi connectivity index (χ4n) is 2.65. The van der Waals surface area contributed by atoms with Gasteiger partial charge in [0, 0.05) is 36.6 Å². The van der Waals surface area contributed by atoms with E-state index in [1.807, 2.05) is 19.1 Å². The van der Waals surface area contributed by atoms with Crippen LogP contribution >= 0.6 is 0 Å². The number of oxazole rings is 1. The summed E-state index contributed by atoms with van der Waals surface area (Å²) in [4.78, 5) is 20.4. The number of amides is 1. The van der Waals surface area contributed by atoms with Gasteiger partial charge in [0.2, 0.25) is 0 Å². The minimum Gasteiger partial charge on any atom is -0.489 e. The summed E-state index contributed by atoms with van der Waals surface area (Å²) in [7, 11) is 0. The molecule has 0 saturated heterocycles. The van der Waals surface area contributed by atoms with Gasteiger partial charge in [0.15, 0.2) is 5.58 Å². The number of nitrogens with zero attached hydrogens (tertiary/aromatic N) is 2. The molecule has 0 aliphatic rings. The highest BCUT2D eigenvalue weighted by atomic mass is 19.1. The lowest BCUT2D eigenvalue weighted by atomic mass is 10.2. The molecule has 0 atom stereocenters. The van der Waals surface area contributed by atoms with Crippen LogP contribution < -0.4 is 15.4 Å². The summed E-state index contributed by atoms with van der Waals surface area (Å²) >= 11 is 0. The number of hydrogen-bond donors (Lipinski definition) is 2. The van der Waals surface area contributed by atoms with E-state index < -0.39 is 11.7 Å². The van der Waals surface area contributed by atoms with E-state index in [1.165, 1.54) is 0 Å². The standard InChI is InChI=1S/C23H27FN4O4/c1-15-5-6-16(11-25-15)12-26-21-28-19-8-7-18(9-20(19)31-21)30-14-17(10-24)13-27-22(29)32-23(2,3)4/h5-11H,12-14H2,1-4H3,(H,26,28)(H,27,29). The molecule has 9 heteroatoms. The third kappa shape index (κ3) is 6.97. The van der Waals surface area contributed by atoms with E-state index in [1.54, 1.807) is 45.2 Å². The molecule has 0 aliphatic carbocycles. The molecule has 0 unspecified atom stereocenters. The van der Waals surface area contributed by atoms with Crippen molar-refractivity contribution in [3.63, 3.8) is 0 Å². The van der Waals surface area contributed by atoms with Gasteiger partial charge in [0.25, 0.3) is 6.01 Å². The minimum atomic E-state index is -0.628. The number of aromatic nitrogens is 2. The van der Waals surface area contributed by atoms with Crippen molar-refractivity contribution in [2.45, 2.75) is 39.8 Å². The number of anilines is 1. The Hall–Kier alpha value is -3.62. The van der Waals surface area contributed by atoms with E-state index in [4.69, 9.17) is 13.9 Å². The van der Waals surface area contributed by atoms with Gasteiger partial charge in [-0.15, -0.1) is 0 Å². The molecule has 1 aromatic carbocycles. The number of hydrogen-bond acceptors (Lipinski definition) is 7. The Morgan fingerprint density at radius 3 is 2.75 bits per heavy atom. The molecule has 1 amide bonds. The third-order valence-corrected chi connectivity index (χ3v) is 4.21. The number of carbonyl (C=O) groups is 1. The molecular formula is C23H27FN4O4. The zero-order valence-corrected chi connectivity index (χ0v) is 18.6. The molecule has 3 rings (SSSR count). The molecule has 0 saturated carbocycles. The Kier molecular flexibility index (Phi) is 7.29. The Bertz CT molecular complexity index is 1090. The van der Waals surface area contributed by atoms with Crippen LogP contribution in [0.15, 0.2) is 52.8 Å². The monoisotopic (exact) mass is 442 g/mol. The quantitative estimate of drug-likeness (QED) is 0.512. The van der Waals surface area contributed by atoms with Crippen molar-refractivity contribution in [3.8, 4) is 5.75 Å². The maximum absolute atomic E-state index is 13.2. The Morgan fingerprint density at radius 2 is 2.06 bits per heavy atom. The molecule has 0 aliphatic heterocycles. The Balaban J connectivity index is 1.53. The number of carbonyl (C=O) groups excluding carboxylic acids is 1. The first-order valence-corrected chi connectivity index (χ1v) is 10.2. The predicted octanol–water partition coefficient (Wildman–Crippen LogP) is 4.90. The van der Waals surface area contributed by atoms with Crippen molar-refractivity contribution in [3.05, 3.63) is 59.7 Å². The zero-order valence-electron chi connectivity index (χ0n) is 18.6. The molecule has 32 heavy (non-hydrogen) atoms. The van der Waals surface area contributed by atoms with Crippen LogP contribution in [0.1, 0.15) is 32.0 Å². The number of ether oxygens (including phenoxy) is 2. The van der Waals surface area contributed by atoms with Crippen molar-refractivity contribution in [1.29, 1.82) is 0 Å². The molecule has 170 valence electrons. The summed E-state index contributed by atoms with van der Waals surface area (Å²) < 4.78 is 29.7. The van der Waals surface area contributed by atoms with Crippen LogP contribution in [0, 0.1) is 6.92 Å². The van der Waals surface area contributed by atoms with E-state index in [0.717, 1.165) is 11.3 Å². The summed E-state index contributed by atoms with van der Waals surface area (Å²) in [5, 5.41) is 5.62. The van der Waals surface area contributed by atoms with Gasteiger partial charge in [0.05, 0.1) is 6.33 Å². The van der Waals surface area contributed by atoms with Crippen LogP contribution in [0.4, 0.5) is 15.2 Å². The summed E-state index contributed by atoms with van der Waals surface area (Å²) in [5.74, 6) is 0.486. The average molecular weight is 442 g/mol. The topological polar surface area (TPSA) is 98.5 Å². The molecule has 0 bridgehead atoms. The van der Waals surface area contributed by atoms with Gasteiger partial charge in [-0.1, -0.05) is 6.07 Å². The number of alkyl carbamates (subject to hydrolysis) is 1. The Morgan fingerprint density at radius 1 is 1.25 bits per heavy atom. The van der Waals surface area contributed by atoms with Crippen molar-refractivity contribution < 1.29 is 23.1 Å². The highest BCUT2D eigenvalue weighted by molar-refractivity contribution is 5.76. The highest BCUT2D eigenvalue weighted by Crippen LogP contribution is 2.24. The van der Waals surface area contributed by atoms with E-state index in [0.29, 0.717) is 35.7 Å². The van der Waals surface area contributed by atoms with Crippen molar-refractivity contribution >= 4 is 23.2 Å². The first kappa shape index (κ1) is 23.1. The maximum Gasteiger partial charge on any atom is 0.407 e. The lowest BCUT2D eigenvalue weighted by Gasteiger charge is -2.20. The number of fused-ring (bicyclic) bond motifs is 1. The van der Waals surface area contributed by atoms with E-state index in [9.17, 15) is 9.18 Å². The van der Waals surface area contributed by atoms with Crippen molar-refractivity contribution in [1.82, 2.24) is 15.3 Å². The highest BCUT2D eigenvalue weighted by Gasteiger charge is 2.16. The number of aryl methyl sites for hydroxylation is 1. The number of rotatable bonds is 8. The van der Waals surface area contributed by atoms with Crippen LogP contribution in [-0.4, -0.2) is 34.8 Å². The molecule has 0 fully saturated rings. The summed E-state index contributed by atoms with van der Waals surface area (Å²) in [6, 6.07) is 9.45. The second-order valence-corrected chi connectivity index (χ2v) is 8.22. The molecular weight excluding hydrogens is 415 g/mol. The lowest BCUT2D eigenvalue weighted by molar-refractivity contribution is 0.0531. The zero-order chi connectivity index (χ0) is 23.1. The Labute approximate surface area is 185 Å². The van der Waals surface area contributed by atoms with Crippen LogP contribution in [0.5, 0.6) is 5.75 Å². The second-order valence-electron chi connectivity index (χ2n) is 8.22. The minimum absolute atomic E-state index is 0.0299. The van der Waals surface area contributed by atoms with Crippen LogP contribution in [-0.2, 0) is 11.3 Å². The van der Waals surface area contributed by atoms with Crippen LogP contribution in [0.2, 0.25) is 0 Å². The fourth-order valence-corrected chi connectivity index (χ4v) is 2.65. The smallest absolute Gasteiger partial charge is 0.407 e. The molecule has 0 spiro atoms. The molecule has 2 aromatic heterocycles. The maximum atomic E-state index is 13.2. The molecule has 2 N–H and O–H groups in total. The van der Waals surface area contributed by atoms with E-state index >= 15 is 0 Å². The molecule has 8 nitrogen and oxygen atoms in total. The van der Waals surface area contributed by atoms with Crippen LogP contribution in [0.25, 0.3) is 11.1 Å². The first-order valence-electron chi connectivity index (χ1n) is 10.2. The SMILES string of the molecule is Cc1ccc(CNc2nc3ccc(OCC(=CF)CNC(=O)OC(C)(C)C)cc3o2)cn1. The van der Waals surface area contributed by atoms with Crippen molar-refractivity contribution in [2.75, 3.05) is 18.5 Å². The summed E-state index contributed by atoms with van der Waals surface area (Å²) in [5.41, 5.74) is 2.78. The van der Waals surface area contributed by atoms with E-state index in [2.05, 4.69) is 20.6 Å². The predicted molar refractivity (Wildman–Crippen MR) is 119 cm³/mol. The number of halogens is 1. The lowest BCUT2D eigenvalue weighted by Crippen LogP contribution is -2.34. The van der Waals surface area contributed by atoms with Gasteiger partial charge >= 0.3 is 6.09 Å². The second kappa shape index (κ2) is 10.1. The third-order valence-electron chi connectivity index (χ3n) is 4.21. The summed E-state index contributed by atoms with van der Waals surface area (Å²) in [6.45, 7) is 7.64.